The van der Waals surface area contributed by atoms with Gasteiger partial charge >= 0.3 is 6.29 Å². The molecule has 6 rings (SSSR count). The third-order valence-corrected chi connectivity index (χ3v) is 6.57. The van der Waals surface area contributed by atoms with E-state index in [-0.39, 0.29) is 17.8 Å². The zero-order chi connectivity index (χ0) is 26.6. The van der Waals surface area contributed by atoms with Crippen molar-refractivity contribution in [3.63, 3.8) is 0 Å². The van der Waals surface area contributed by atoms with Gasteiger partial charge in [-0.3, -0.25) is 0 Å². The van der Waals surface area contributed by atoms with Crippen LogP contribution >= 0.6 is 0 Å². The molecule has 0 saturated carbocycles. The van der Waals surface area contributed by atoms with Gasteiger partial charge in [0.2, 0.25) is 17.5 Å². The lowest BCUT2D eigenvalue weighted by atomic mass is 10.1. The van der Waals surface area contributed by atoms with Gasteiger partial charge in [-0.1, -0.05) is 41.5 Å². The SMILES string of the molecule is CC(C)c1nc(C2Oc3ncnc(C(C)C)c3O2)nc2c1NCC(c1nc3c(c(C(C)C)n1)OCCN3)O2. The predicted molar refractivity (Wildman–Crippen MR) is 138 cm³/mol. The van der Waals surface area contributed by atoms with E-state index < -0.39 is 12.4 Å². The van der Waals surface area contributed by atoms with E-state index in [1.165, 1.54) is 6.33 Å². The third-order valence-electron chi connectivity index (χ3n) is 6.57. The molecule has 2 atom stereocenters. The fraction of sp³-hybridized carbons (Fsp3) is 0.538. The first-order chi connectivity index (χ1) is 18.3. The molecule has 0 amide bonds. The molecule has 0 fully saturated rings. The zero-order valence-corrected chi connectivity index (χ0v) is 22.4. The van der Waals surface area contributed by atoms with Crippen molar-refractivity contribution in [2.24, 2.45) is 0 Å². The fourth-order valence-electron chi connectivity index (χ4n) is 4.68. The minimum absolute atomic E-state index is 0.0989. The summed E-state index contributed by atoms with van der Waals surface area (Å²) in [6.07, 6.45) is 0.159. The van der Waals surface area contributed by atoms with Gasteiger partial charge in [0.15, 0.2) is 23.5 Å². The van der Waals surface area contributed by atoms with Crippen LogP contribution in [0.15, 0.2) is 6.33 Å². The van der Waals surface area contributed by atoms with Crippen LogP contribution < -0.4 is 29.6 Å². The largest absolute Gasteiger partial charge is 0.486 e. The Hall–Kier alpha value is -3.96. The highest BCUT2D eigenvalue weighted by Gasteiger charge is 2.37. The van der Waals surface area contributed by atoms with Crippen molar-refractivity contribution in [3.8, 4) is 23.3 Å². The highest BCUT2D eigenvalue weighted by atomic mass is 16.7. The standard InChI is InChI=1S/C26H32N8O4/c1-11(2)15-18-24(34-23(31-15)26-37-20-16(12(3)4)29-10-30-25(20)38-26)36-14(9-28-18)21-32-17(13(5)6)19-22(33-21)27-7-8-35-19/h10-14,26,28H,7-9H2,1-6H3,(H,27,32,33). The summed E-state index contributed by atoms with van der Waals surface area (Å²) >= 11 is 0. The van der Waals surface area contributed by atoms with Gasteiger partial charge in [0.25, 0.3) is 5.88 Å². The molecule has 38 heavy (non-hydrogen) atoms. The van der Waals surface area contributed by atoms with E-state index in [0.29, 0.717) is 60.4 Å². The Morgan fingerprint density at radius 2 is 1.50 bits per heavy atom. The normalized spacial score (nSPS) is 19.4. The van der Waals surface area contributed by atoms with E-state index in [4.69, 9.17) is 38.9 Å². The number of anilines is 2. The molecule has 2 unspecified atom stereocenters. The second-order valence-corrected chi connectivity index (χ2v) is 10.5. The number of nitrogens with one attached hydrogen (secondary N) is 2. The minimum atomic E-state index is -0.861. The van der Waals surface area contributed by atoms with Crippen molar-refractivity contribution in [3.05, 3.63) is 35.1 Å². The number of hydrogen-bond donors (Lipinski definition) is 2. The lowest BCUT2D eigenvalue weighted by molar-refractivity contribution is 0.0362. The van der Waals surface area contributed by atoms with Gasteiger partial charge in [-0.15, -0.1) is 0 Å². The van der Waals surface area contributed by atoms with Crippen LogP contribution in [0.5, 0.6) is 23.3 Å². The van der Waals surface area contributed by atoms with Crippen molar-refractivity contribution in [1.29, 1.82) is 0 Å². The molecule has 200 valence electrons. The summed E-state index contributed by atoms with van der Waals surface area (Å²) in [5.41, 5.74) is 3.19. The summed E-state index contributed by atoms with van der Waals surface area (Å²) in [4.78, 5) is 27.7. The number of aromatic nitrogens is 6. The molecule has 0 bridgehead atoms. The van der Waals surface area contributed by atoms with E-state index in [1.54, 1.807) is 0 Å². The lowest BCUT2D eigenvalue weighted by Gasteiger charge is -2.29. The molecular formula is C26H32N8O4. The number of fused-ring (bicyclic) bond motifs is 3. The zero-order valence-electron chi connectivity index (χ0n) is 22.4. The molecule has 3 aromatic heterocycles. The van der Waals surface area contributed by atoms with E-state index in [2.05, 4.69) is 48.3 Å². The molecule has 3 aliphatic rings. The molecule has 0 aromatic carbocycles. The fourth-order valence-corrected chi connectivity index (χ4v) is 4.68. The molecule has 0 radical (unpaired) electrons. The topological polar surface area (TPSA) is 138 Å². The molecule has 12 nitrogen and oxygen atoms in total. The molecule has 0 aliphatic carbocycles. The van der Waals surface area contributed by atoms with Crippen LogP contribution in [0.2, 0.25) is 0 Å². The monoisotopic (exact) mass is 520 g/mol. The Morgan fingerprint density at radius 1 is 0.737 bits per heavy atom. The maximum absolute atomic E-state index is 6.43. The molecule has 3 aromatic rings. The predicted octanol–water partition coefficient (Wildman–Crippen LogP) is 4.25. The van der Waals surface area contributed by atoms with Crippen molar-refractivity contribution >= 4 is 11.5 Å². The van der Waals surface area contributed by atoms with Gasteiger partial charge in [0.1, 0.15) is 18.6 Å². The minimum Gasteiger partial charge on any atom is -0.486 e. The molecule has 3 aliphatic heterocycles. The quantitative estimate of drug-likeness (QED) is 0.497. The van der Waals surface area contributed by atoms with Crippen LogP contribution in [0.4, 0.5) is 11.5 Å². The first kappa shape index (κ1) is 24.4. The smallest absolute Gasteiger partial charge is 0.304 e. The first-order valence-corrected chi connectivity index (χ1v) is 13.1. The number of nitrogens with zero attached hydrogens (tertiary/aromatic N) is 6. The Morgan fingerprint density at radius 3 is 2.26 bits per heavy atom. The first-order valence-electron chi connectivity index (χ1n) is 13.1. The summed E-state index contributed by atoms with van der Waals surface area (Å²) in [5, 5.41) is 6.79. The Labute approximate surface area is 221 Å². The van der Waals surface area contributed by atoms with E-state index in [9.17, 15) is 0 Å². The highest BCUT2D eigenvalue weighted by Crippen LogP contribution is 2.44. The van der Waals surface area contributed by atoms with Crippen molar-refractivity contribution in [2.45, 2.75) is 71.7 Å². The van der Waals surface area contributed by atoms with Gasteiger partial charge in [-0.25, -0.2) is 19.9 Å². The van der Waals surface area contributed by atoms with Crippen molar-refractivity contribution in [2.75, 3.05) is 30.3 Å². The van der Waals surface area contributed by atoms with Gasteiger partial charge in [-0.2, -0.15) is 9.97 Å². The average Bonchev–Trinajstić information content (AvgIpc) is 3.35. The van der Waals surface area contributed by atoms with E-state index in [0.717, 1.165) is 22.8 Å². The molecular weight excluding hydrogens is 488 g/mol. The number of hydrogen-bond acceptors (Lipinski definition) is 12. The van der Waals surface area contributed by atoms with E-state index >= 15 is 0 Å². The van der Waals surface area contributed by atoms with Crippen LogP contribution in [-0.4, -0.2) is 49.6 Å². The molecule has 0 spiro atoms. The van der Waals surface area contributed by atoms with Gasteiger partial charge in [-0.05, 0) is 17.8 Å². The summed E-state index contributed by atoms with van der Waals surface area (Å²) in [7, 11) is 0. The molecule has 6 heterocycles. The van der Waals surface area contributed by atoms with Crippen molar-refractivity contribution < 1.29 is 18.9 Å². The average molecular weight is 521 g/mol. The summed E-state index contributed by atoms with van der Waals surface area (Å²) in [6, 6.07) is 0. The van der Waals surface area contributed by atoms with Crippen LogP contribution in [-0.2, 0) is 0 Å². The molecule has 0 saturated heterocycles. The second-order valence-electron chi connectivity index (χ2n) is 10.5. The second kappa shape index (κ2) is 9.41. The molecule has 12 heteroatoms. The number of ether oxygens (including phenoxy) is 4. The Bertz CT molecular complexity index is 1380. The van der Waals surface area contributed by atoms with Gasteiger partial charge in [0.05, 0.1) is 30.2 Å². The van der Waals surface area contributed by atoms with Crippen LogP contribution in [0.25, 0.3) is 0 Å². The van der Waals surface area contributed by atoms with Crippen LogP contribution in [0, 0.1) is 0 Å². The highest BCUT2D eigenvalue weighted by molar-refractivity contribution is 5.60. The van der Waals surface area contributed by atoms with Crippen molar-refractivity contribution in [1.82, 2.24) is 29.9 Å². The van der Waals surface area contributed by atoms with Gasteiger partial charge < -0.3 is 29.6 Å². The molecule has 2 N–H and O–H groups in total. The van der Waals surface area contributed by atoms with Crippen LogP contribution in [0.3, 0.4) is 0 Å². The Balaban J connectivity index is 1.34. The number of rotatable bonds is 5. The summed E-state index contributed by atoms with van der Waals surface area (Å²) in [5.74, 6) is 4.04. The summed E-state index contributed by atoms with van der Waals surface area (Å²) < 4.78 is 24.4. The Kier molecular flexibility index (Phi) is 6.04. The van der Waals surface area contributed by atoms with E-state index in [1.807, 2.05) is 13.8 Å². The third kappa shape index (κ3) is 4.17. The van der Waals surface area contributed by atoms with Gasteiger partial charge in [0, 0.05) is 0 Å². The summed E-state index contributed by atoms with van der Waals surface area (Å²) in [6.45, 7) is 14.1. The van der Waals surface area contributed by atoms with Crippen LogP contribution in [0.1, 0.15) is 100 Å². The lowest BCUT2D eigenvalue weighted by Crippen LogP contribution is -2.30. The maximum Gasteiger partial charge on any atom is 0.304 e. The maximum atomic E-state index is 6.43.